The molecule has 0 amide bonds. The second-order valence-corrected chi connectivity index (χ2v) is 5.32. The molecule has 0 saturated carbocycles. The monoisotopic (exact) mass is 255 g/mol. The van der Waals surface area contributed by atoms with Gasteiger partial charge in [-0.15, -0.1) is 0 Å². The molecule has 2 N–H and O–H groups in total. The third-order valence-corrected chi connectivity index (χ3v) is 3.19. The molecule has 8 heteroatoms. The van der Waals surface area contributed by atoms with E-state index in [4.69, 9.17) is 5.14 Å². The van der Waals surface area contributed by atoms with Gasteiger partial charge in [-0.1, -0.05) is 0 Å². The minimum Gasteiger partial charge on any atom is -0.276 e. The average Bonchev–Trinajstić information content (AvgIpc) is 2.82. The molecule has 2 aromatic rings. The summed E-state index contributed by atoms with van der Waals surface area (Å²) < 4.78 is 25.3. The number of rotatable bonds is 4. The maximum atomic E-state index is 11.0. The molecule has 0 atom stereocenters. The van der Waals surface area contributed by atoms with E-state index in [9.17, 15) is 8.42 Å². The van der Waals surface area contributed by atoms with Crippen molar-refractivity contribution in [1.82, 2.24) is 19.6 Å². The first-order valence-electron chi connectivity index (χ1n) is 4.98. The van der Waals surface area contributed by atoms with Crippen LogP contribution in [0.5, 0.6) is 0 Å². The van der Waals surface area contributed by atoms with Crippen LogP contribution in [0.25, 0.3) is 0 Å². The van der Waals surface area contributed by atoms with Gasteiger partial charge in [0.15, 0.2) is 0 Å². The Morgan fingerprint density at radius 3 is 2.59 bits per heavy atom. The fourth-order valence-corrected chi connectivity index (χ4v) is 1.92. The van der Waals surface area contributed by atoms with Crippen LogP contribution in [0, 0.1) is 0 Å². The Bertz CT molecular complexity index is 613. The first-order chi connectivity index (χ1) is 7.95. The van der Waals surface area contributed by atoms with E-state index in [1.807, 2.05) is 13.2 Å². The molecule has 17 heavy (non-hydrogen) atoms. The zero-order valence-electron chi connectivity index (χ0n) is 9.31. The summed E-state index contributed by atoms with van der Waals surface area (Å²) in [6.45, 7) is 0.585. The summed E-state index contributed by atoms with van der Waals surface area (Å²) in [7, 11) is -1.82. The summed E-state index contributed by atoms with van der Waals surface area (Å²) in [5.41, 5.74) is 1.07. The molecule has 0 aliphatic carbocycles. The number of aryl methyl sites for hydroxylation is 3. The van der Waals surface area contributed by atoms with Gasteiger partial charge < -0.3 is 0 Å². The quantitative estimate of drug-likeness (QED) is 0.797. The molecule has 2 rings (SSSR count). The lowest BCUT2D eigenvalue weighted by atomic mass is 10.2. The van der Waals surface area contributed by atoms with Crippen LogP contribution in [0.15, 0.2) is 29.7 Å². The largest absolute Gasteiger partial charge is 0.276 e. The lowest BCUT2D eigenvalue weighted by Crippen LogP contribution is -2.11. The van der Waals surface area contributed by atoms with E-state index < -0.39 is 10.0 Å². The Morgan fingerprint density at radius 2 is 2.06 bits per heavy atom. The molecule has 0 saturated heterocycles. The van der Waals surface area contributed by atoms with Crippen LogP contribution in [0.1, 0.15) is 5.56 Å². The van der Waals surface area contributed by atoms with Gasteiger partial charge in [0, 0.05) is 26.0 Å². The second kappa shape index (κ2) is 4.30. The van der Waals surface area contributed by atoms with Crippen LogP contribution in [-0.4, -0.2) is 28.0 Å². The summed E-state index contributed by atoms with van der Waals surface area (Å²) in [4.78, 5) is 0.0312. The number of nitrogens with zero attached hydrogens (tertiary/aromatic N) is 4. The first kappa shape index (κ1) is 11.8. The highest BCUT2D eigenvalue weighted by Gasteiger charge is 2.10. The van der Waals surface area contributed by atoms with Crippen LogP contribution < -0.4 is 5.14 Å². The Hall–Kier alpha value is -1.67. The maximum absolute atomic E-state index is 11.0. The van der Waals surface area contributed by atoms with Gasteiger partial charge in [0.1, 0.15) is 4.90 Å². The van der Waals surface area contributed by atoms with Crippen molar-refractivity contribution >= 4 is 10.0 Å². The molecule has 0 radical (unpaired) electrons. The lowest BCUT2D eigenvalue weighted by Gasteiger charge is -1.98. The number of primary sulfonamides is 1. The number of nitrogens with two attached hydrogens (primary N) is 1. The van der Waals surface area contributed by atoms with Crippen molar-refractivity contribution in [3.05, 3.63) is 30.4 Å². The highest BCUT2D eigenvalue weighted by molar-refractivity contribution is 7.89. The van der Waals surface area contributed by atoms with Gasteiger partial charge in [-0.25, -0.2) is 13.6 Å². The van der Waals surface area contributed by atoms with Crippen molar-refractivity contribution in [3.63, 3.8) is 0 Å². The smallest absolute Gasteiger partial charge is 0.241 e. The zero-order valence-corrected chi connectivity index (χ0v) is 10.1. The van der Waals surface area contributed by atoms with Gasteiger partial charge in [0.05, 0.1) is 12.4 Å². The predicted molar refractivity (Wildman–Crippen MR) is 60.5 cm³/mol. The summed E-state index contributed by atoms with van der Waals surface area (Å²) in [5.74, 6) is 0. The Morgan fingerprint density at radius 1 is 1.29 bits per heavy atom. The first-order valence-corrected chi connectivity index (χ1v) is 6.52. The van der Waals surface area contributed by atoms with Gasteiger partial charge in [0.2, 0.25) is 10.0 Å². The van der Waals surface area contributed by atoms with E-state index in [0.29, 0.717) is 6.54 Å². The second-order valence-electron chi connectivity index (χ2n) is 3.76. The van der Waals surface area contributed by atoms with Crippen LogP contribution >= 0.6 is 0 Å². The van der Waals surface area contributed by atoms with Crippen molar-refractivity contribution in [2.45, 2.75) is 17.9 Å². The Kier molecular flexibility index (Phi) is 2.99. The number of aromatic nitrogens is 4. The standard InChI is InChI=1S/C9H13N5O2S/c1-13-6-8(4-11-13)2-3-14-7-9(5-12-14)17(10,15)16/h4-7H,2-3H2,1H3,(H2,10,15,16). The topological polar surface area (TPSA) is 95.8 Å². The molecular formula is C9H13N5O2S. The molecule has 0 bridgehead atoms. The molecule has 2 aromatic heterocycles. The minimum atomic E-state index is -3.66. The van der Waals surface area contributed by atoms with Crippen molar-refractivity contribution in [2.24, 2.45) is 12.2 Å². The minimum absolute atomic E-state index is 0.0312. The predicted octanol–water partition coefficient (Wildman–Crippen LogP) is -0.493. The van der Waals surface area contributed by atoms with Crippen molar-refractivity contribution in [2.75, 3.05) is 0 Å². The zero-order chi connectivity index (χ0) is 12.5. The molecule has 0 aromatic carbocycles. The molecule has 0 unspecified atom stereocenters. The Balaban J connectivity index is 2.03. The van der Waals surface area contributed by atoms with Crippen LogP contribution in [0.4, 0.5) is 0 Å². The van der Waals surface area contributed by atoms with Crippen LogP contribution in [0.3, 0.4) is 0 Å². The number of hydrogen-bond acceptors (Lipinski definition) is 4. The van der Waals surface area contributed by atoms with Crippen molar-refractivity contribution < 1.29 is 8.42 Å². The molecular weight excluding hydrogens is 242 g/mol. The normalized spacial score (nSPS) is 11.9. The number of sulfonamides is 1. The van der Waals surface area contributed by atoms with Crippen molar-refractivity contribution in [3.8, 4) is 0 Å². The summed E-state index contributed by atoms with van der Waals surface area (Å²) >= 11 is 0. The van der Waals surface area contributed by atoms with E-state index in [1.54, 1.807) is 15.6 Å². The molecule has 92 valence electrons. The fourth-order valence-electron chi connectivity index (χ4n) is 1.46. The van der Waals surface area contributed by atoms with Crippen molar-refractivity contribution in [1.29, 1.82) is 0 Å². The molecule has 0 aliphatic heterocycles. The summed E-state index contributed by atoms with van der Waals surface area (Å²) in [6, 6.07) is 0. The highest BCUT2D eigenvalue weighted by atomic mass is 32.2. The van der Waals surface area contributed by atoms with E-state index >= 15 is 0 Å². The number of hydrogen-bond donors (Lipinski definition) is 1. The van der Waals surface area contributed by atoms with Gasteiger partial charge in [-0.05, 0) is 12.0 Å². The van der Waals surface area contributed by atoms with Gasteiger partial charge in [-0.3, -0.25) is 9.36 Å². The van der Waals surface area contributed by atoms with E-state index in [1.165, 1.54) is 12.4 Å². The summed E-state index contributed by atoms with van der Waals surface area (Å²) in [5, 5.41) is 13.0. The van der Waals surface area contributed by atoms with E-state index in [0.717, 1.165) is 12.0 Å². The third-order valence-electron chi connectivity index (χ3n) is 2.33. The molecule has 0 aliphatic rings. The highest BCUT2D eigenvalue weighted by Crippen LogP contribution is 2.05. The van der Waals surface area contributed by atoms with Gasteiger partial charge in [-0.2, -0.15) is 10.2 Å². The molecule has 7 nitrogen and oxygen atoms in total. The molecule has 0 spiro atoms. The molecule has 0 fully saturated rings. The lowest BCUT2D eigenvalue weighted by molar-refractivity contribution is 0.595. The molecule has 2 heterocycles. The Labute approximate surface area is 98.9 Å². The van der Waals surface area contributed by atoms with Gasteiger partial charge in [0.25, 0.3) is 0 Å². The van der Waals surface area contributed by atoms with E-state index in [2.05, 4.69) is 10.2 Å². The van der Waals surface area contributed by atoms with Crippen LogP contribution in [0.2, 0.25) is 0 Å². The summed E-state index contributed by atoms with van der Waals surface area (Å²) in [6.07, 6.45) is 7.08. The van der Waals surface area contributed by atoms with Gasteiger partial charge >= 0.3 is 0 Å². The van der Waals surface area contributed by atoms with Crippen LogP contribution in [-0.2, 0) is 30.0 Å². The third kappa shape index (κ3) is 2.92. The van der Waals surface area contributed by atoms with E-state index in [-0.39, 0.29) is 4.90 Å². The average molecular weight is 255 g/mol. The SMILES string of the molecule is Cn1cc(CCn2cc(S(N)(=O)=O)cn2)cn1. The fraction of sp³-hybridized carbons (Fsp3) is 0.333. The maximum Gasteiger partial charge on any atom is 0.241 e.